The summed E-state index contributed by atoms with van der Waals surface area (Å²) in [7, 11) is 25.7. The molecule has 8 aromatic carbocycles. The Morgan fingerprint density at radius 1 is 0.404 bits per heavy atom. The average Bonchev–Trinajstić information content (AvgIpc) is 4.04. The molecule has 0 aliphatic heterocycles. The molecular formula is C44H46Cl4Si2Zr2-6. The van der Waals surface area contributed by atoms with Crippen molar-refractivity contribution in [2.24, 2.45) is 0 Å². The standard InChI is InChI=1S/4C9H7.C6H12.2CH3Si.4ClH.2Zr/c4*1-2-5-9-7-3-6-8(9)4-1;1-3-5-6-4-2;2*1-2;;;;;;/h4*1-7H;1-6H2;2*1H3;4*1H;;/q4*-1;-2;;;;;;;2*+2/p-4. The third-order valence-corrected chi connectivity index (χ3v) is 6.94. The van der Waals surface area contributed by atoms with Gasteiger partial charge in [-0.2, -0.15) is 82.9 Å². The summed E-state index contributed by atoms with van der Waals surface area (Å²) in [5.74, 6) is 0. The zero-order valence-corrected chi connectivity index (χ0v) is 39.9. The van der Waals surface area contributed by atoms with Gasteiger partial charge < -0.3 is 13.8 Å². The molecule has 52 heavy (non-hydrogen) atoms. The molecule has 0 fully saturated rings. The zero-order valence-electron chi connectivity index (χ0n) is 29.9. The Morgan fingerprint density at radius 2 is 0.596 bits per heavy atom. The zero-order chi connectivity index (χ0) is 38.7. The maximum Gasteiger partial charge on any atom is -0.0809 e. The Bertz CT molecular complexity index is 1500. The van der Waals surface area contributed by atoms with E-state index in [4.69, 9.17) is 34.1 Å². The fraction of sp³-hybridized carbons (Fsp3) is 0.136. The Labute approximate surface area is 357 Å². The van der Waals surface area contributed by atoms with E-state index in [-0.39, 0.29) is 0 Å². The van der Waals surface area contributed by atoms with E-state index in [0.29, 0.717) is 0 Å². The van der Waals surface area contributed by atoms with Crippen LogP contribution in [0.3, 0.4) is 0 Å². The first-order valence-electron chi connectivity index (χ1n) is 16.5. The van der Waals surface area contributed by atoms with Crippen molar-refractivity contribution in [2.45, 2.75) is 38.8 Å². The van der Waals surface area contributed by atoms with Crippen LogP contribution < -0.4 is 0 Å². The summed E-state index contributed by atoms with van der Waals surface area (Å²) in [6, 6.07) is 58.7. The smallest absolute Gasteiger partial charge is 0.0809 e. The van der Waals surface area contributed by atoms with Crippen LogP contribution in [0.2, 0.25) is 13.1 Å². The number of rotatable bonds is 3. The van der Waals surface area contributed by atoms with Gasteiger partial charge in [-0.3, -0.25) is 0 Å². The van der Waals surface area contributed by atoms with Gasteiger partial charge in [-0.25, -0.2) is 0 Å². The number of fused-ring (bicyclic) bond motifs is 4. The van der Waals surface area contributed by atoms with Gasteiger partial charge in [-0.05, 0) is 0 Å². The Kier molecular flexibility index (Phi) is 35.7. The average molecular weight is 955 g/mol. The van der Waals surface area contributed by atoms with Crippen molar-refractivity contribution in [3.05, 3.63) is 184 Å². The van der Waals surface area contributed by atoms with Gasteiger partial charge in [0.1, 0.15) is 0 Å². The van der Waals surface area contributed by atoms with Gasteiger partial charge >= 0.3 is 75.7 Å². The predicted octanol–water partition coefficient (Wildman–Crippen LogP) is 15.6. The largest absolute Gasteiger partial charge is 0.168 e. The van der Waals surface area contributed by atoms with Crippen LogP contribution in [-0.4, -0.2) is 20.5 Å². The van der Waals surface area contributed by atoms with Crippen molar-refractivity contribution in [3.8, 4) is 0 Å². The Hall–Kier alpha value is -1.32. The third kappa shape index (κ3) is 22.8. The van der Waals surface area contributed by atoms with Crippen molar-refractivity contribution in [3.63, 3.8) is 0 Å². The van der Waals surface area contributed by atoms with Crippen molar-refractivity contribution in [2.75, 3.05) is 0 Å². The third-order valence-electron chi connectivity index (χ3n) is 6.94. The summed E-state index contributed by atoms with van der Waals surface area (Å²) in [6.07, 6.45) is 4.61. The summed E-state index contributed by atoms with van der Waals surface area (Å²) >= 11 is -1.65. The second kappa shape index (κ2) is 36.6. The van der Waals surface area contributed by atoms with Crippen LogP contribution in [0.4, 0.5) is 0 Å². The predicted molar refractivity (Wildman–Crippen MR) is 234 cm³/mol. The SMILES string of the molecule is C[Si].C[Si].[CH2-]CCCC[CH2-].[Cl][Zr][Cl].[Cl][Zr][Cl].c1ccc2[cH-]ccc2c1.c1ccc2[cH-]ccc2c1.c1ccc2[cH-]ccc2c1.c1ccc2[cH-]ccc2c1. The van der Waals surface area contributed by atoms with Crippen LogP contribution in [0.5, 0.6) is 0 Å². The summed E-state index contributed by atoms with van der Waals surface area (Å²) in [6.45, 7) is 11.0. The summed E-state index contributed by atoms with van der Waals surface area (Å²) in [5.41, 5.74) is 0. The number of unbranched alkanes of at least 4 members (excludes halogenated alkanes) is 3. The molecule has 0 aromatic heterocycles. The van der Waals surface area contributed by atoms with Gasteiger partial charge in [0, 0.05) is 20.5 Å². The monoisotopic (exact) mass is 950 g/mol. The molecule has 8 rings (SSSR count). The second-order valence-corrected chi connectivity index (χ2v) is 17.6. The first kappa shape index (κ1) is 50.7. The van der Waals surface area contributed by atoms with Crippen LogP contribution in [-0.2, 0) is 41.7 Å². The normalized spacial score (nSPS) is 8.88. The molecule has 0 heterocycles. The molecule has 0 atom stereocenters. The molecule has 0 spiro atoms. The first-order valence-corrected chi connectivity index (χ1v) is 31.2. The van der Waals surface area contributed by atoms with Gasteiger partial charge in [-0.15, -0.1) is 119 Å². The molecule has 0 aliphatic carbocycles. The molecule has 0 unspecified atom stereocenters. The molecule has 8 aromatic rings. The molecule has 0 amide bonds. The van der Waals surface area contributed by atoms with E-state index in [1.165, 1.54) is 55.9 Å². The molecule has 8 heteroatoms. The van der Waals surface area contributed by atoms with Crippen LogP contribution in [0, 0.1) is 13.8 Å². The summed E-state index contributed by atoms with van der Waals surface area (Å²) < 4.78 is 0. The second-order valence-electron chi connectivity index (χ2n) is 10.2. The van der Waals surface area contributed by atoms with Crippen LogP contribution in [0.15, 0.2) is 170 Å². The van der Waals surface area contributed by atoms with Crippen LogP contribution in [0.1, 0.15) is 25.7 Å². The molecule has 0 saturated heterocycles. The van der Waals surface area contributed by atoms with Gasteiger partial charge in [0.2, 0.25) is 0 Å². The summed E-state index contributed by atoms with van der Waals surface area (Å²) in [5, 5.41) is 10.6. The molecule has 0 saturated carbocycles. The minimum Gasteiger partial charge on any atom is -0.168 e. The molecule has 0 N–H and O–H groups in total. The maximum atomic E-state index is 4.93. The maximum absolute atomic E-state index is 4.93. The van der Waals surface area contributed by atoms with Gasteiger partial charge in [-0.1, -0.05) is 50.2 Å². The topological polar surface area (TPSA) is 0 Å². The fourth-order valence-corrected chi connectivity index (χ4v) is 4.63. The van der Waals surface area contributed by atoms with Gasteiger partial charge in [0.05, 0.1) is 0 Å². The minimum absolute atomic E-state index is 0.826. The van der Waals surface area contributed by atoms with E-state index in [1.807, 2.05) is 0 Å². The van der Waals surface area contributed by atoms with Gasteiger partial charge in [0.15, 0.2) is 0 Å². The number of hydrogen-bond donors (Lipinski definition) is 0. The van der Waals surface area contributed by atoms with Crippen molar-refractivity contribution in [1.82, 2.24) is 0 Å². The number of hydrogen-bond acceptors (Lipinski definition) is 0. The van der Waals surface area contributed by atoms with E-state index in [0.717, 1.165) is 12.8 Å². The van der Waals surface area contributed by atoms with Crippen molar-refractivity contribution >= 4 is 97.6 Å². The molecule has 0 aliphatic rings. The Morgan fingerprint density at radius 3 is 0.769 bits per heavy atom. The fourth-order valence-electron chi connectivity index (χ4n) is 4.63. The first-order chi connectivity index (χ1) is 25.6. The molecular weight excluding hydrogens is 909 g/mol. The molecule has 272 valence electrons. The van der Waals surface area contributed by atoms with Crippen LogP contribution >= 0.6 is 34.1 Å². The van der Waals surface area contributed by atoms with Crippen molar-refractivity contribution in [1.29, 1.82) is 0 Å². The van der Waals surface area contributed by atoms with E-state index < -0.39 is 41.7 Å². The van der Waals surface area contributed by atoms with Crippen molar-refractivity contribution < 1.29 is 41.7 Å². The van der Waals surface area contributed by atoms with Gasteiger partial charge in [0.25, 0.3) is 0 Å². The quantitative estimate of drug-likeness (QED) is 0.0940. The van der Waals surface area contributed by atoms with E-state index in [9.17, 15) is 0 Å². The molecule has 0 nitrogen and oxygen atoms in total. The van der Waals surface area contributed by atoms with E-state index >= 15 is 0 Å². The van der Waals surface area contributed by atoms with E-state index in [1.54, 1.807) is 13.1 Å². The number of benzene rings is 4. The van der Waals surface area contributed by atoms with E-state index in [2.05, 4.69) is 204 Å². The molecule has 0 bridgehead atoms. The Balaban J connectivity index is 0.000000592. The minimum atomic E-state index is -0.826. The molecule has 6 radical (unpaired) electrons. The van der Waals surface area contributed by atoms with Crippen LogP contribution in [0.25, 0.3) is 43.1 Å². The number of halogens is 4. The summed E-state index contributed by atoms with van der Waals surface area (Å²) in [4.78, 5) is 0.